The van der Waals surface area contributed by atoms with Gasteiger partial charge in [0.1, 0.15) is 18.4 Å². The minimum atomic E-state index is -3.77. The number of benzene rings is 2. The van der Waals surface area contributed by atoms with Crippen LogP contribution in [0.3, 0.4) is 0 Å². The van der Waals surface area contributed by atoms with Crippen LogP contribution >= 0.6 is 0 Å². The number of nitrogens with one attached hydrogen (secondary N) is 1. The van der Waals surface area contributed by atoms with Crippen LogP contribution in [-0.2, 0) is 14.8 Å². The van der Waals surface area contributed by atoms with Gasteiger partial charge < -0.3 is 10.1 Å². The molecule has 0 aliphatic rings. The molecule has 8 heteroatoms. The second-order valence-electron chi connectivity index (χ2n) is 5.38. The van der Waals surface area contributed by atoms with E-state index in [1.165, 1.54) is 12.1 Å². The summed E-state index contributed by atoms with van der Waals surface area (Å²) in [6.45, 7) is 1.79. The Labute approximate surface area is 152 Å². The van der Waals surface area contributed by atoms with Crippen LogP contribution in [0.25, 0.3) is 0 Å². The highest BCUT2D eigenvalue weighted by atomic mass is 32.2. The molecule has 0 saturated carbocycles. The van der Waals surface area contributed by atoms with Crippen molar-refractivity contribution in [1.29, 1.82) is 5.26 Å². The second kappa shape index (κ2) is 8.36. The van der Waals surface area contributed by atoms with E-state index in [-0.39, 0.29) is 11.3 Å². The molecule has 0 saturated heterocycles. The summed E-state index contributed by atoms with van der Waals surface area (Å²) in [4.78, 5) is 12.4. The van der Waals surface area contributed by atoms with E-state index in [0.29, 0.717) is 18.0 Å². The molecule has 0 aromatic heterocycles. The predicted octanol–water partition coefficient (Wildman–Crippen LogP) is 2.36. The van der Waals surface area contributed by atoms with Crippen LogP contribution in [0.4, 0.5) is 11.4 Å². The molecule has 0 aliphatic carbocycles. The van der Waals surface area contributed by atoms with Crippen molar-refractivity contribution in [2.45, 2.75) is 6.92 Å². The maximum absolute atomic E-state index is 12.4. The number of ether oxygens (including phenoxy) is 1. The van der Waals surface area contributed by atoms with Crippen molar-refractivity contribution in [1.82, 2.24) is 0 Å². The van der Waals surface area contributed by atoms with Crippen LogP contribution < -0.4 is 14.4 Å². The Morgan fingerprint density at radius 1 is 1.19 bits per heavy atom. The normalized spacial score (nSPS) is 10.7. The van der Waals surface area contributed by atoms with Crippen molar-refractivity contribution >= 4 is 27.3 Å². The zero-order valence-corrected chi connectivity index (χ0v) is 15.3. The number of nitriles is 1. The summed E-state index contributed by atoms with van der Waals surface area (Å²) >= 11 is 0. The summed E-state index contributed by atoms with van der Waals surface area (Å²) in [6.07, 6.45) is 0.989. The molecule has 0 aliphatic heterocycles. The first-order chi connectivity index (χ1) is 12.4. The number of sulfonamides is 1. The first-order valence-corrected chi connectivity index (χ1v) is 9.70. The minimum absolute atomic E-state index is 0.158. The van der Waals surface area contributed by atoms with Gasteiger partial charge in [0.25, 0.3) is 0 Å². The van der Waals surface area contributed by atoms with Crippen molar-refractivity contribution in [3.8, 4) is 11.8 Å². The van der Waals surface area contributed by atoms with Crippen LogP contribution in [0.1, 0.15) is 12.5 Å². The van der Waals surface area contributed by atoms with Crippen molar-refractivity contribution in [2.75, 3.05) is 29.0 Å². The van der Waals surface area contributed by atoms with Gasteiger partial charge in [-0.05, 0) is 31.2 Å². The average Bonchev–Trinajstić information content (AvgIpc) is 2.60. The van der Waals surface area contributed by atoms with Gasteiger partial charge in [-0.25, -0.2) is 8.42 Å². The predicted molar refractivity (Wildman–Crippen MR) is 99.6 cm³/mol. The Balaban J connectivity index is 2.28. The Hall–Kier alpha value is -3.05. The van der Waals surface area contributed by atoms with E-state index in [0.717, 1.165) is 10.6 Å². The zero-order chi connectivity index (χ0) is 19.2. The quantitative estimate of drug-likeness (QED) is 0.803. The van der Waals surface area contributed by atoms with Crippen LogP contribution in [0, 0.1) is 11.3 Å². The summed E-state index contributed by atoms with van der Waals surface area (Å²) in [5.74, 6) is -0.0537. The molecule has 26 heavy (non-hydrogen) atoms. The molecule has 0 atom stereocenters. The lowest BCUT2D eigenvalue weighted by Crippen LogP contribution is -2.38. The van der Waals surface area contributed by atoms with E-state index in [2.05, 4.69) is 5.32 Å². The molecule has 0 spiro atoms. The number of hydrogen-bond acceptors (Lipinski definition) is 5. The van der Waals surface area contributed by atoms with E-state index >= 15 is 0 Å². The van der Waals surface area contributed by atoms with E-state index in [1.54, 1.807) is 36.4 Å². The number of rotatable bonds is 7. The Morgan fingerprint density at radius 3 is 2.50 bits per heavy atom. The van der Waals surface area contributed by atoms with Crippen molar-refractivity contribution in [2.24, 2.45) is 0 Å². The lowest BCUT2D eigenvalue weighted by atomic mass is 10.2. The fourth-order valence-corrected chi connectivity index (χ4v) is 3.21. The molecule has 2 aromatic carbocycles. The minimum Gasteiger partial charge on any atom is -0.492 e. The second-order valence-corrected chi connectivity index (χ2v) is 7.28. The number of hydrogen-bond donors (Lipinski definition) is 1. The number of carbonyl (C=O) groups excluding carboxylic acids is 1. The van der Waals surface area contributed by atoms with E-state index in [4.69, 9.17) is 4.74 Å². The van der Waals surface area contributed by atoms with Crippen LogP contribution in [0.15, 0.2) is 48.5 Å². The molecule has 0 unspecified atom stereocenters. The molecule has 1 N–H and O–H groups in total. The monoisotopic (exact) mass is 373 g/mol. The fraction of sp³-hybridized carbons (Fsp3) is 0.222. The van der Waals surface area contributed by atoms with Crippen LogP contribution in [0.2, 0.25) is 0 Å². The highest BCUT2D eigenvalue weighted by Gasteiger charge is 2.23. The Morgan fingerprint density at radius 2 is 1.85 bits per heavy atom. The lowest BCUT2D eigenvalue weighted by Gasteiger charge is -2.23. The molecule has 2 aromatic rings. The van der Waals surface area contributed by atoms with Gasteiger partial charge in [-0.1, -0.05) is 24.3 Å². The van der Waals surface area contributed by atoms with Crippen molar-refractivity contribution in [3.05, 3.63) is 54.1 Å². The van der Waals surface area contributed by atoms with Gasteiger partial charge in [-0.15, -0.1) is 0 Å². The Kier molecular flexibility index (Phi) is 6.20. The molecule has 1 amide bonds. The number of carbonyl (C=O) groups is 1. The summed E-state index contributed by atoms with van der Waals surface area (Å²) in [5.41, 5.74) is 0.771. The van der Waals surface area contributed by atoms with Gasteiger partial charge >= 0.3 is 0 Å². The number of amides is 1. The zero-order valence-electron chi connectivity index (χ0n) is 14.5. The summed E-state index contributed by atoms with van der Waals surface area (Å²) in [5, 5.41) is 11.9. The smallest absolute Gasteiger partial charge is 0.245 e. The molecule has 0 fully saturated rings. The third-order valence-electron chi connectivity index (χ3n) is 3.44. The lowest BCUT2D eigenvalue weighted by molar-refractivity contribution is -0.114. The van der Waals surface area contributed by atoms with Crippen molar-refractivity contribution in [3.63, 3.8) is 0 Å². The molecule has 136 valence electrons. The Bertz CT molecular complexity index is 935. The largest absolute Gasteiger partial charge is 0.492 e. The molecular formula is C18H19N3O4S. The van der Waals surface area contributed by atoms with Gasteiger partial charge in [0.2, 0.25) is 15.9 Å². The summed E-state index contributed by atoms with van der Waals surface area (Å²) < 4.78 is 30.7. The maximum atomic E-state index is 12.4. The number of para-hydroxylation sites is 3. The average molecular weight is 373 g/mol. The molecule has 7 nitrogen and oxygen atoms in total. The van der Waals surface area contributed by atoms with Crippen molar-refractivity contribution < 1.29 is 17.9 Å². The number of nitrogens with zero attached hydrogens (tertiary/aromatic N) is 2. The highest BCUT2D eigenvalue weighted by Crippen LogP contribution is 2.25. The van der Waals surface area contributed by atoms with Gasteiger partial charge in [-0.3, -0.25) is 9.10 Å². The number of anilines is 2. The van der Waals surface area contributed by atoms with E-state index in [9.17, 15) is 18.5 Å². The van der Waals surface area contributed by atoms with E-state index in [1.807, 2.05) is 13.0 Å². The molecule has 0 radical (unpaired) electrons. The van der Waals surface area contributed by atoms with E-state index < -0.39 is 22.5 Å². The standard InChI is InChI=1S/C18H19N3O4S/c1-3-25-17-11-7-5-9-15(17)20-18(22)13-21(26(2,23)24)16-10-6-4-8-14(16)12-19/h4-11H,3,13H2,1-2H3,(H,20,22). The first-order valence-electron chi connectivity index (χ1n) is 7.85. The molecule has 2 rings (SSSR count). The summed E-state index contributed by atoms with van der Waals surface area (Å²) in [6, 6.07) is 15.0. The third kappa shape index (κ3) is 4.74. The van der Waals surface area contributed by atoms with Gasteiger partial charge in [0.15, 0.2) is 0 Å². The molecule has 0 heterocycles. The van der Waals surface area contributed by atoms with Crippen LogP contribution in [0.5, 0.6) is 5.75 Å². The topological polar surface area (TPSA) is 99.5 Å². The van der Waals surface area contributed by atoms with Gasteiger partial charge in [0, 0.05) is 0 Å². The first kappa shape index (κ1) is 19.3. The molecule has 0 bridgehead atoms. The maximum Gasteiger partial charge on any atom is 0.245 e. The highest BCUT2D eigenvalue weighted by molar-refractivity contribution is 7.92. The third-order valence-corrected chi connectivity index (χ3v) is 4.57. The summed E-state index contributed by atoms with van der Waals surface area (Å²) in [7, 11) is -3.77. The van der Waals surface area contributed by atoms with Gasteiger partial charge in [-0.2, -0.15) is 5.26 Å². The van der Waals surface area contributed by atoms with Crippen LogP contribution in [-0.4, -0.2) is 33.7 Å². The SMILES string of the molecule is CCOc1ccccc1NC(=O)CN(c1ccccc1C#N)S(C)(=O)=O. The van der Waals surface area contributed by atoms with Gasteiger partial charge in [0.05, 0.1) is 29.8 Å². The molecular weight excluding hydrogens is 354 g/mol. The fourth-order valence-electron chi connectivity index (χ4n) is 2.34.